The third-order valence-corrected chi connectivity index (χ3v) is 4.64. The smallest absolute Gasteiger partial charge is 0.284 e. The van der Waals surface area contributed by atoms with Gasteiger partial charge >= 0.3 is 0 Å². The lowest BCUT2D eigenvalue weighted by Gasteiger charge is -2.14. The van der Waals surface area contributed by atoms with Crippen LogP contribution >= 0.6 is 11.6 Å². The molecule has 8 heteroatoms. The van der Waals surface area contributed by atoms with Crippen molar-refractivity contribution in [2.75, 3.05) is 0 Å². The fraction of sp³-hybridized carbons (Fsp3) is 0. The first-order valence-electron chi connectivity index (χ1n) is 8.02. The minimum absolute atomic E-state index is 0.0341. The molecule has 1 N–H and O–H groups in total. The molecule has 0 amide bonds. The summed E-state index contributed by atoms with van der Waals surface area (Å²) in [6, 6.07) is 9.44. The lowest BCUT2D eigenvalue weighted by molar-refractivity contribution is 0.189. The van der Waals surface area contributed by atoms with Crippen LogP contribution in [0.2, 0.25) is 5.02 Å². The van der Waals surface area contributed by atoms with Crippen LogP contribution in [0.5, 0.6) is 0 Å². The maximum Gasteiger partial charge on any atom is 0.284 e. The molecule has 0 unspecified atom stereocenters. The van der Waals surface area contributed by atoms with Gasteiger partial charge in [-0.15, -0.1) is 4.73 Å². The SMILES string of the molecule is O=c1cc(-c2ccc(F)cc2Cl)c2ccnc(-c3c(F)cccc3F)c2n1O. The van der Waals surface area contributed by atoms with E-state index < -0.39 is 28.6 Å². The number of nitrogens with zero attached hydrogens (tertiary/aromatic N) is 2. The summed E-state index contributed by atoms with van der Waals surface area (Å²) in [5.74, 6) is -2.38. The highest BCUT2D eigenvalue weighted by molar-refractivity contribution is 6.33. The van der Waals surface area contributed by atoms with Crippen molar-refractivity contribution in [1.29, 1.82) is 0 Å². The Morgan fingerprint density at radius 2 is 1.68 bits per heavy atom. The molecule has 2 aromatic heterocycles. The Balaban J connectivity index is 2.15. The van der Waals surface area contributed by atoms with Crippen LogP contribution in [0, 0.1) is 17.5 Å². The van der Waals surface area contributed by atoms with E-state index in [4.69, 9.17) is 11.6 Å². The number of benzene rings is 2. The van der Waals surface area contributed by atoms with E-state index in [1.54, 1.807) is 0 Å². The molecule has 0 fully saturated rings. The number of aromatic nitrogens is 2. The molecule has 4 aromatic rings. The van der Waals surface area contributed by atoms with Gasteiger partial charge in [0.2, 0.25) is 0 Å². The number of hydrogen-bond acceptors (Lipinski definition) is 3. The second kappa shape index (κ2) is 6.69. The second-order valence-electron chi connectivity index (χ2n) is 5.98. The molecule has 0 radical (unpaired) electrons. The quantitative estimate of drug-likeness (QED) is 0.478. The molecule has 4 nitrogen and oxygen atoms in total. The van der Waals surface area contributed by atoms with E-state index >= 15 is 0 Å². The molecule has 0 saturated carbocycles. The molecule has 0 aliphatic rings. The average Bonchev–Trinajstić information content (AvgIpc) is 2.65. The van der Waals surface area contributed by atoms with E-state index in [0.29, 0.717) is 5.56 Å². The maximum atomic E-state index is 14.3. The van der Waals surface area contributed by atoms with Crippen LogP contribution in [0.15, 0.2) is 59.5 Å². The number of fused-ring (bicyclic) bond motifs is 1. The highest BCUT2D eigenvalue weighted by Crippen LogP contribution is 2.36. The molecule has 28 heavy (non-hydrogen) atoms. The van der Waals surface area contributed by atoms with Gasteiger partial charge in [0.05, 0.1) is 10.6 Å². The molecule has 2 aromatic carbocycles. The monoisotopic (exact) mass is 402 g/mol. The third-order valence-electron chi connectivity index (χ3n) is 4.32. The molecule has 0 saturated heterocycles. The average molecular weight is 403 g/mol. The highest BCUT2D eigenvalue weighted by Gasteiger charge is 2.21. The van der Waals surface area contributed by atoms with E-state index in [-0.39, 0.29) is 31.9 Å². The van der Waals surface area contributed by atoms with Crippen molar-refractivity contribution in [3.05, 3.63) is 87.6 Å². The zero-order valence-electron chi connectivity index (χ0n) is 14.0. The molecule has 0 atom stereocenters. The summed E-state index contributed by atoms with van der Waals surface area (Å²) < 4.78 is 42.3. The molecule has 0 bridgehead atoms. The molecule has 0 aliphatic carbocycles. The van der Waals surface area contributed by atoms with Crippen LogP contribution in [0.3, 0.4) is 0 Å². The summed E-state index contributed by atoms with van der Waals surface area (Å²) in [6.07, 6.45) is 1.29. The van der Waals surface area contributed by atoms with Gasteiger partial charge in [0.1, 0.15) is 28.7 Å². The highest BCUT2D eigenvalue weighted by atomic mass is 35.5. The first-order valence-corrected chi connectivity index (χ1v) is 8.40. The normalized spacial score (nSPS) is 11.1. The first-order chi connectivity index (χ1) is 13.4. The molecule has 0 aliphatic heterocycles. The van der Waals surface area contributed by atoms with Crippen LogP contribution in [0.1, 0.15) is 0 Å². The van der Waals surface area contributed by atoms with Crippen LogP contribution in [-0.2, 0) is 0 Å². The van der Waals surface area contributed by atoms with Crippen LogP contribution < -0.4 is 5.56 Å². The van der Waals surface area contributed by atoms with Crippen molar-refractivity contribution in [3.8, 4) is 22.4 Å². The van der Waals surface area contributed by atoms with E-state index in [1.807, 2.05) is 0 Å². The topological polar surface area (TPSA) is 55.1 Å². The van der Waals surface area contributed by atoms with Gasteiger partial charge < -0.3 is 5.21 Å². The Labute approximate surface area is 161 Å². The van der Waals surface area contributed by atoms with Gasteiger partial charge in [-0.05, 0) is 42.0 Å². The Hall–Kier alpha value is -3.32. The van der Waals surface area contributed by atoms with Gasteiger partial charge in [-0.2, -0.15) is 0 Å². The van der Waals surface area contributed by atoms with Crippen molar-refractivity contribution in [3.63, 3.8) is 0 Å². The molecule has 4 rings (SSSR count). The van der Waals surface area contributed by atoms with Crippen molar-refractivity contribution < 1.29 is 18.4 Å². The number of pyridine rings is 2. The fourth-order valence-electron chi connectivity index (χ4n) is 3.10. The summed E-state index contributed by atoms with van der Waals surface area (Å²) in [6.45, 7) is 0. The Kier molecular flexibility index (Phi) is 4.31. The van der Waals surface area contributed by atoms with Crippen molar-refractivity contribution in [2.45, 2.75) is 0 Å². The predicted molar refractivity (Wildman–Crippen MR) is 98.9 cm³/mol. The van der Waals surface area contributed by atoms with Gasteiger partial charge in [-0.25, -0.2) is 13.2 Å². The summed E-state index contributed by atoms with van der Waals surface area (Å²) in [7, 11) is 0. The lowest BCUT2D eigenvalue weighted by atomic mass is 9.99. The summed E-state index contributed by atoms with van der Waals surface area (Å²) in [4.78, 5) is 16.3. The van der Waals surface area contributed by atoms with E-state index in [9.17, 15) is 23.2 Å². The second-order valence-corrected chi connectivity index (χ2v) is 6.39. The van der Waals surface area contributed by atoms with Gasteiger partial charge in [0.25, 0.3) is 5.56 Å². The molecule has 140 valence electrons. The molecular formula is C20H10ClF3N2O2. The third kappa shape index (κ3) is 2.80. The number of hydrogen-bond donors (Lipinski definition) is 1. The molecule has 0 spiro atoms. The first kappa shape index (κ1) is 18.1. The zero-order chi connectivity index (χ0) is 20.0. The van der Waals surface area contributed by atoms with E-state index in [1.165, 1.54) is 24.4 Å². The van der Waals surface area contributed by atoms with Crippen LogP contribution in [-0.4, -0.2) is 14.9 Å². The van der Waals surface area contributed by atoms with E-state index in [0.717, 1.165) is 30.3 Å². The van der Waals surface area contributed by atoms with E-state index in [2.05, 4.69) is 4.98 Å². The predicted octanol–water partition coefficient (Wildman–Crippen LogP) is 5.04. The maximum absolute atomic E-state index is 14.3. The lowest BCUT2D eigenvalue weighted by Crippen LogP contribution is -2.18. The fourth-order valence-corrected chi connectivity index (χ4v) is 3.37. The summed E-state index contributed by atoms with van der Waals surface area (Å²) in [5, 5.41) is 10.6. The van der Waals surface area contributed by atoms with Crippen LogP contribution in [0.4, 0.5) is 13.2 Å². The largest absolute Gasteiger partial charge is 0.425 e. The van der Waals surface area contributed by atoms with Crippen LogP contribution in [0.25, 0.3) is 33.3 Å². The molecular weight excluding hydrogens is 393 g/mol. The van der Waals surface area contributed by atoms with Crippen molar-refractivity contribution in [2.24, 2.45) is 0 Å². The Morgan fingerprint density at radius 1 is 0.964 bits per heavy atom. The summed E-state index contributed by atoms with van der Waals surface area (Å²) in [5.41, 5.74) is -1.23. The molecule has 2 heterocycles. The van der Waals surface area contributed by atoms with Gasteiger partial charge in [0, 0.05) is 23.2 Å². The zero-order valence-corrected chi connectivity index (χ0v) is 14.7. The summed E-state index contributed by atoms with van der Waals surface area (Å²) >= 11 is 6.12. The minimum atomic E-state index is -0.905. The number of halogens is 4. The Bertz CT molecular complexity index is 1280. The van der Waals surface area contributed by atoms with Crippen molar-refractivity contribution >= 4 is 22.5 Å². The minimum Gasteiger partial charge on any atom is -0.425 e. The van der Waals surface area contributed by atoms with Crippen molar-refractivity contribution in [1.82, 2.24) is 9.71 Å². The van der Waals surface area contributed by atoms with Gasteiger partial charge in [0.15, 0.2) is 0 Å². The van der Waals surface area contributed by atoms with Gasteiger partial charge in [-0.1, -0.05) is 17.7 Å². The number of rotatable bonds is 2. The van der Waals surface area contributed by atoms with Gasteiger partial charge in [-0.3, -0.25) is 9.78 Å². The Morgan fingerprint density at radius 3 is 2.36 bits per heavy atom. The standard InChI is InChI=1S/C20H10ClF3N2O2/c21-14-8-10(22)4-5-11(14)13-9-17(27)26(28)20-12(13)6-7-25-19(20)18-15(23)2-1-3-16(18)24/h1-9,28H.